The molecule has 0 bridgehead atoms. The third-order valence-electron chi connectivity index (χ3n) is 2.70. The summed E-state index contributed by atoms with van der Waals surface area (Å²) < 4.78 is 9.35. The van der Waals surface area contributed by atoms with Gasteiger partial charge in [-0.3, -0.25) is 4.90 Å². The van der Waals surface area contributed by atoms with Crippen molar-refractivity contribution >= 4 is 12.1 Å². The zero-order valence-corrected chi connectivity index (χ0v) is 9.80. The molecule has 0 unspecified atom stereocenters. The molecule has 1 aliphatic heterocycles. The number of likely N-dealkylation sites (tertiary alicyclic amines) is 1. The molecule has 0 aromatic heterocycles. The molecule has 16 heavy (non-hydrogen) atoms. The van der Waals surface area contributed by atoms with Gasteiger partial charge in [-0.1, -0.05) is 12.2 Å². The molecule has 1 saturated heterocycles. The lowest BCUT2D eigenvalue weighted by molar-refractivity contribution is -0.145. The van der Waals surface area contributed by atoms with Crippen LogP contribution in [0, 0.1) is 0 Å². The first-order valence-electron chi connectivity index (χ1n) is 5.22. The van der Waals surface area contributed by atoms with Gasteiger partial charge in [0.2, 0.25) is 0 Å². The second-order valence-corrected chi connectivity index (χ2v) is 3.59. The summed E-state index contributed by atoms with van der Waals surface area (Å²) >= 11 is 0. The standard InChI is InChI=1S/C11H17NO4/c1-4-5-8-6-7-9(10(13)15-2)12(8)11(14)16-3/h4-5,8-9H,6-7H2,1-3H3/t8-,9-/m0/s1. The lowest BCUT2D eigenvalue weighted by atomic mass is 10.2. The maximum atomic E-state index is 11.6. The van der Waals surface area contributed by atoms with Gasteiger partial charge in [-0.15, -0.1) is 0 Å². The lowest BCUT2D eigenvalue weighted by Crippen LogP contribution is -2.44. The molecule has 0 radical (unpaired) electrons. The number of esters is 1. The number of amides is 1. The Morgan fingerprint density at radius 3 is 2.44 bits per heavy atom. The molecule has 5 nitrogen and oxygen atoms in total. The fourth-order valence-electron chi connectivity index (χ4n) is 1.98. The van der Waals surface area contributed by atoms with Crippen LogP contribution < -0.4 is 0 Å². The molecule has 0 saturated carbocycles. The molecule has 0 spiro atoms. The van der Waals surface area contributed by atoms with Crippen molar-refractivity contribution in [3.63, 3.8) is 0 Å². The summed E-state index contributed by atoms with van der Waals surface area (Å²) in [6.45, 7) is 1.88. The SMILES string of the molecule is CC=C[C@H]1CC[C@@H](C(=O)OC)N1C(=O)OC. The van der Waals surface area contributed by atoms with Gasteiger partial charge < -0.3 is 9.47 Å². The van der Waals surface area contributed by atoms with Crippen LogP contribution in [0.3, 0.4) is 0 Å². The first-order valence-corrected chi connectivity index (χ1v) is 5.22. The van der Waals surface area contributed by atoms with Gasteiger partial charge in [0.05, 0.1) is 20.3 Å². The van der Waals surface area contributed by atoms with Gasteiger partial charge in [-0.2, -0.15) is 0 Å². The predicted molar refractivity (Wildman–Crippen MR) is 57.9 cm³/mol. The van der Waals surface area contributed by atoms with Gasteiger partial charge in [-0.25, -0.2) is 9.59 Å². The topological polar surface area (TPSA) is 55.8 Å². The van der Waals surface area contributed by atoms with E-state index in [1.807, 2.05) is 19.1 Å². The Balaban J connectivity index is 2.87. The number of allylic oxidation sites excluding steroid dienone is 1. The number of nitrogens with zero attached hydrogens (tertiary/aromatic N) is 1. The van der Waals surface area contributed by atoms with Crippen LogP contribution >= 0.6 is 0 Å². The van der Waals surface area contributed by atoms with E-state index in [4.69, 9.17) is 0 Å². The summed E-state index contributed by atoms with van der Waals surface area (Å²) in [5.74, 6) is -0.391. The Hall–Kier alpha value is -1.52. The number of ether oxygens (including phenoxy) is 2. The van der Waals surface area contributed by atoms with Gasteiger partial charge >= 0.3 is 12.1 Å². The van der Waals surface area contributed by atoms with Crippen LogP contribution in [0.15, 0.2) is 12.2 Å². The van der Waals surface area contributed by atoms with Crippen molar-refractivity contribution in [3.8, 4) is 0 Å². The predicted octanol–water partition coefficient (Wildman–Crippen LogP) is 1.33. The first kappa shape index (κ1) is 12.5. The van der Waals surface area contributed by atoms with E-state index in [1.54, 1.807) is 0 Å². The number of carbonyl (C=O) groups excluding carboxylic acids is 2. The number of carbonyl (C=O) groups is 2. The Bertz CT molecular complexity index is 300. The molecular formula is C11H17NO4. The fourth-order valence-corrected chi connectivity index (χ4v) is 1.98. The quantitative estimate of drug-likeness (QED) is 0.527. The van der Waals surface area contributed by atoms with Crippen LogP contribution in [0.2, 0.25) is 0 Å². The third kappa shape index (κ3) is 2.35. The summed E-state index contributed by atoms with van der Waals surface area (Å²) in [5.41, 5.74) is 0. The van der Waals surface area contributed by atoms with E-state index in [1.165, 1.54) is 19.1 Å². The second kappa shape index (κ2) is 5.53. The van der Waals surface area contributed by atoms with Crippen molar-refractivity contribution in [2.75, 3.05) is 14.2 Å². The minimum absolute atomic E-state index is 0.0819. The Kier molecular flexibility index (Phi) is 4.34. The number of rotatable bonds is 2. The first-order chi connectivity index (χ1) is 7.65. The van der Waals surface area contributed by atoms with E-state index in [9.17, 15) is 9.59 Å². The van der Waals surface area contributed by atoms with E-state index in [2.05, 4.69) is 9.47 Å². The summed E-state index contributed by atoms with van der Waals surface area (Å²) in [6, 6.07) is -0.611. The van der Waals surface area contributed by atoms with Crippen LogP contribution in [0.25, 0.3) is 0 Å². The van der Waals surface area contributed by atoms with E-state index in [0.717, 1.165) is 6.42 Å². The zero-order valence-electron chi connectivity index (χ0n) is 9.80. The largest absolute Gasteiger partial charge is 0.467 e. The molecule has 0 aromatic rings. The van der Waals surface area contributed by atoms with Crippen LogP contribution in [-0.2, 0) is 14.3 Å². The molecule has 1 fully saturated rings. The molecule has 90 valence electrons. The average molecular weight is 227 g/mol. The third-order valence-corrected chi connectivity index (χ3v) is 2.70. The van der Waals surface area contributed by atoms with Crippen LogP contribution in [0.5, 0.6) is 0 Å². The lowest BCUT2D eigenvalue weighted by Gasteiger charge is -2.25. The number of hydrogen-bond acceptors (Lipinski definition) is 4. The molecular weight excluding hydrogens is 210 g/mol. The molecule has 1 rings (SSSR count). The highest BCUT2D eigenvalue weighted by Crippen LogP contribution is 2.26. The molecule has 0 aromatic carbocycles. The van der Waals surface area contributed by atoms with Crippen molar-refractivity contribution in [2.45, 2.75) is 31.8 Å². The fraction of sp³-hybridized carbons (Fsp3) is 0.636. The van der Waals surface area contributed by atoms with Gasteiger partial charge in [0.15, 0.2) is 0 Å². The van der Waals surface area contributed by atoms with Crippen molar-refractivity contribution in [1.82, 2.24) is 4.90 Å². The molecule has 5 heteroatoms. The van der Waals surface area contributed by atoms with E-state index >= 15 is 0 Å². The summed E-state index contributed by atoms with van der Waals surface area (Å²) in [5, 5.41) is 0. The smallest absolute Gasteiger partial charge is 0.410 e. The molecule has 0 aliphatic carbocycles. The Morgan fingerprint density at radius 2 is 1.94 bits per heavy atom. The van der Waals surface area contributed by atoms with Crippen molar-refractivity contribution in [1.29, 1.82) is 0 Å². The van der Waals surface area contributed by atoms with Crippen LogP contribution in [0.1, 0.15) is 19.8 Å². The minimum atomic E-state index is -0.529. The highest BCUT2D eigenvalue weighted by molar-refractivity contribution is 5.82. The molecule has 1 aliphatic rings. The molecule has 1 heterocycles. The summed E-state index contributed by atoms with van der Waals surface area (Å²) in [7, 11) is 2.63. The summed E-state index contributed by atoms with van der Waals surface area (Å²) in [6.07, 6.45) is 4.62. The van der Waals surface area contributed by atoms with Crippen molar-refractivity contribution in [2.24, 2.45) is 0 Å². The van der Waals surface area contributed by atoms with E-state index < -0.39 is 18.1 Å². The number of hydrogen-bond donors (Lipinski definition) is 0. The van der Waals surface area contributed by atoms with Gasteiger partial charge in [-0.05, 0) is 19.8 Å². The second-order valence-electron chi connectivity index (χ2n) is 3.59. The maximum Gasteiger partial charge on any atom is 0.410 e. The maximum absolute atomic E-state index is 11.6. The highest BCUT2D eigenvalue weighted by atomic mass is 16.5. The van der Waals surface area contributed by atoms with Crippen molar-refractivity contribution in [3.05, 3.63) is 12.2 Å². The molecule has 1 amide bonds. The monoisotopic (exact) mass is 227 g/mol. The van der Waals surface area contributed by atoms with E-state index in [-0.39, 0.29) is 6.04 Å². The Morgan fingerprint density at radius 1 is 1.25 bits per heavy atom. The van der Waals surface area contributed by atoms with Crippen LogP contribution in [-0.4, -0.2) is 43.3 Å². The van der Waals surface area contributed by atoms with Gasteiger partial charge in [0, 0.05) is 0 Å². The highest BCUT2D eigenvalue weighted by Gasteiger charge is 2.41. The van der Waals surface area contributed by atoms with Gasteiger partial charge in [0.1, 0.15) is 6.04 Å². The normalized spacial score (nSPS) is 24.8. The Labute approximate surface area is 95.0 Å². The van der Waals surface area contributed by atoms with Crippen molar-refractivity contribution < 1.29 is 19.1 Å². The van der Waals surface area contributed by atoms with E-state index in [0.29, 0.717) is 6.42 Å². The zero-order chi connectivity index (χ0) is 12.1. The molecule has 0 N–H and O–H groups in total. The minimum Gasteiger partial charge on any atom is -0.467 e. The number of methoxy groups -OCH3 is 2. The van der Waals surface area contributed by atoms with Gasteiger partial charge in [0.25, 0.3) is 0 Å². The average Bonchev–Trinajstić information content (AvgIpc) is 2.71. The molecule has 2 atom stereocenters. The summed E-state index contributed by atoms with van der Waals surface area (Å²) in [4.78, 5) is 24.5. The van der Waals surface area contributed by atoms with Crippen LogP contribution in [0.4, 0.5) is 4.79 Å².